The Bertz CT molecular complexity index is 785. The molecule has 0 saturated carbocycles. The average Bonchev–Trinajstić information content (AvgIpc) is 2.76. The van der Waals surface area contributed by atoms with E-state index in [2.05, 4.69) is 31.0 Å². The minimum absolute atomic E-state index is 0.0181. The second kappa shape index (κ2) is 11.3. The molecule has 0 heterocycles. The first-order valence-electron chi connectivity index (χ1n) is 10.1. The molecule has 30 heavy (non-hydrogen) atoms. The second-order valence-corrected chi connectivity index (χ2v) is 7.09. The Morgan fingerprint density at radius 3 is 2.17 bits per heavy atom. The van der Waals surface area contributed by atoms with Crippen molar-refractivity contribution in [1.82, 2.24) is 5.32 Å². The third-order valence-corrected chi connectivity index (χ3v) is 4.73. The molecule has 164 valence electrons. The number of carbonyl (C=O) groups excluding carboxylic acids is 1. The van der Waals surface area contributed by atoms with Crippen molar-refractivity contribution < 1.29 is 24.1 Å². The van der Waals surface area contributed by atoms with Crippen molar-refractivity contribution in [2.45, 2.75) is 32.9 Å². The van der Waals surface area contributed by atoms with Crippen LogP contribution in [0, 0.1) is 0 Å². The maximum atomic E-state index is 12.4. The lowest BCUT2D eigenvalue weighted by Gasteiger charge is -2.27. The van der Waals surface area contributed by atoms with Gasteiger partial charge in [-0.1, -0.05) is 6.07 Å². The van der Waals surface area contributed by atoms with Crippen LogP contribution in [0.4, 0.5) is 5.69 Å². The predicted octanol–water partition coefficient (Wildman–Crippen LogP) is 3.11. The quantitative estimate of drug-likeness (QED) is 0.586. The fourth-order valence-corrected chi connectivity index (χ4v) is 3.16. The van der Waals surface area contributed by atoms with Crippen molar-refractivity contribution in [3.05, 3.63) is 48.0 Å². The van der Waals surface area contributed by atoms with Crippen molar-refractivity contribution in [2.24, 2.45) is 0 Å². The summed E-state index contributed by atoms with van der Waals surface area (Å²) < 4.78 is 16.2. The van der Waals surface area contributed by atoms with E-state index in [0.717, 1.165) is 12.2 Å². The number of anilines is 1. The van der Waals surface area contributed by atoms with Gasteiger partial charge >= 0.3 is 0 Å². The maximum Gasteiger partial charge on any atom is 0.251 e. The Labute approximate surface area is 178 Å². The topological polar surface area (TPSA) is 80.3 Å². The molecule has 2 aromatic rings. The SMILES string of the molecule is CCN(c1ccc(C(=O)NCC(O)COc2c(OC)cccc2OC)cc1)C(C)C. The van der Waals surface area contributed by atoms with Crippen LogP contribution in [0.25, 0.3) is 0 Å². The molecule has 0 aliphatic heterocycles. The van der Waals surface area contributed by atoms with Gasteiger partial charge in [0.1, 0.15) is 12.7 Å². The smallest absolute Gasteiger partial charge is 0.251 e. The number of nitrogens with zero attached hydrogens (tertiary/aromatic N) is 1. The van der Waals surface area contributed by atoms with E-state index in [0.29, 0.717) is 28.9 Å². The van der Waals surface area contributed by atoms with Crippen LogP contribution >= 0.6 is 0 Å². The van der Waals surface area contributed by atoms with E-state index in [1.165, 1.54) is 14.2 Å². The number of aliphatic hydroxyl groups is 1. The molecule has 0 aromatic heterocycles. The van der Waals surface area contributed by atoms with Crippen molar-refractivity contribution >= 4 is 11.6 Å². The molecule has 0 fully saturated rings. The average molecular weight is 417 g/mol. The molecular formula is C23H32N2O5. The number of benzene rings is 2. The lowest BCUT2D eigenvalue weighted by atomic mass is 10.1. The molecule has 1 atom stereocenters. The third kappa shape index (κ3) is 6.03. The van der Waals surface area contributed by atoms with E-state index in [1.807, 2.05) is 12.1 Å². The van der Waals surface area contributed by atoms with Crippen LogP contribution in [0.3, 0.4) is 0 Å². The zero-order chi connectivity index (χ0) is 22.1. The van der Waals surface area contributed by atoms with Crippen LogP contribution in [-0.4, -0.2) is 57.1 Å². The molecule has 7 heteroatoms. The number of para-hydroxylation sites is 1. The number of hydrogen-bond donors (Lipinski definition) is 2. The molecule has 0 saturated heterocycles. The van der Waals surface area contributed by atoms with Crippen molar-refractivity contribution in [3.63, 3.8) is 0 Å². The molecule has 0 aliphatic carbocycles. The summed E-state index contributed by atoms with van der Waals surface area (Å²) in [5.41, 5.74) is 1.61. The standard InChI is InChI=1S/C23H32N2O5/c1-6-25(16(2)3)18-12-10-17(11-13-18)23(27)24-14-19(26)15-30-22-20(28-4)8-7-9-21(22)29-5/h7-13,16,19,26H,6,14-15H2,1-5H3,(H,24,27). The number of ether oxygens (including phenoxy) is 3. The lowest BCUT2D eigenvalue weighted by Crippen LogP contribution is -2.35. The molecule has 1 amide bonds. The summed E-state index contributed by atoms with van der Waals surface area (Å²) in [5.74, 6) is 1.18. The molecule has 2 rings (SSSR count). The van der Waals surface area contributed by atoms with Gasteiger partial charge in [-0.2, -0.15) is 0 Å². The predicted molar refractivity (Wildman–Crippen MR) is 118 cm³/mol. The van der Waals surface area contributed by atoms with Crippen LogP contribution in [0.5, 0.6) is 17.2 Å². The third-order valence-electron chi connectivity index (χ3n) is 4.73. The van der Waals surface area contributed by atoms with Crippen molar-refractivity contribution in [2.75, 3.05) is 38.8 Å². The van der Waals surface area contributed by atoms with Gasteiger partial charge < -0.3 is 29.5 Å². The first-order chi connectivity index (χ1) is 14.4. The Morgan fingerprint density at radius 1 is 1.07 bits per heavy atom. The number of nitrogens with one attached hydrogen (secondary N) is 1. The normalized spacial score (nSPS) is 11.7. The summed E-state index contributed by atoms with van der Waals surface area (Å²) in [6, 6.07) is 13.1. The molecule has 1 unspecified atom stereocenters. The Balaban J connectivity index is 1.89. The highest BCUT2D eigenvalue weighted by molar-refractivity contribution is 5.94. The Kier molecular flexibility index (Phi) is 8.80. The number of hydrogen-bond acceptors (Lipinski definition) is 6. The van der Waals surface area contributed by atoms with Gasteiger partial charge in [-0.25, -0.2) is 0 Å². The van der Waals surface area contributed by atoms with Gasteiger partial charge in [0.2, 0.25) is 5.75 Å². The van der Waals surface area contributed by atoms with E-state index in [1.54, 1.807) is 30.3 Å². The van der Waals surface area contributed by atoms with Crippen LogP contribution in [-0.2, 0) is 0 Å². The molecular weight excluding hydrogens is 384 g/mol. The maximum absolute atomic E-state index is 12.4. The largest absolute Gasteiger partial charge is 0.493 e. The van der Waals surface area contributed by atoms with Crippen molar-refractivity contribution in [3.8, 4) is 17.2 Å². The van der Waals surface area contributed by atoms with E-state index in [-0.39, 0.29) is 19.1 Å². The van der Waals surface area contributed by atoms with E-state index >= 15 is 0 Å². The monoisotopic (exact) mass is 416 g/mol. The van der Waals surface area contributed by atoms with Crippen LogP contribution in [0.1, 0.15) is 31.1 Å². The van der Waals surface area contributed by atoms with Gasteiger partial charge in [-0.05, 0) is 57.2 Å². The van der Waals surface area contributed by atoms with Gasteiger partial charge in [0.25, 0.3) is 5.91 Å². The highest BCUT2D eigenvalue weighted by atomic mass is 16.5. The highest BCUT2D eigenvalue weighted by Gasteiger charge is 2.15. The number of aliphatic hydroxyl groups excluding tert-OH is 1. The van der Waals surface area contributed by atoms with Crippen molar-refractivity contribution in [1.29, 1.82) is 0 Å². The number of rotatable bonds is 11. The number of amides is 1. The summed E-state index contributed by atoms with van der Waals surface area (Å²) in [6.45, 7) is 7.31. The van der Waals surface area contributed by atoms with Gasteiger partial charge in [-0.15, -0.1) is 0 Å². The second-order valence-electron chi connectivity index (χ2n) is 7.09. The van der Waals surface area contributed by atoms with E-state index in [9.17, 15) is 9.90 Å². The van der Waals surface area contributed by atoms with Gasteiger partial charge in [0.05, 0.1) is 14.2 Å². The first kappa shape index (κ1) is 23.3. The lowest BCUT2D eigenvalue weighted by molar-refractivity contribution is 0.0833. The van der Waals surface area contributed by atoms with Gasteiger partial charge in [0.15, 0.2) is 11.5 Å². The van der Waals surface area contributed by atoms with E-state index in [4.69, 9.17) is 14.2 Å². The van der Waals surface area contributed by atoms with Crippen LogP contribution in [0.2, 0.25) is 0 Å². The minimum Gasteiger partial charge on any atom is -0.493 e. The zero-order valence-electron chi connectivity index (χ0n) is 18.3. The van der Waals surface area contributed by atoms with E-state index < -0.39 is 6.10 Å². The molecule has 7 nitrogen and oxygen atoms in total. The summed E-state index contributed by atoms with van der Waals surface area (Å²) in [4.78, 5) is 14.6. The summed E-state index contributed by atoms with van der Waals surface area (Å²) in [5, 5.41) is 12.9. The van der Waals surface area contributed by atoms with Crippen LogP contribution < -0.4 is 24.4 Å². The first-order valence-corrected chi connectivity index (χ1v) is 10.1. The summed E-state index contributed by atoms with van der Waals surface area (Å²) >= 11 is 0. The fraction of sp³-hybridized carbons (Fsp3) is 0.435. The summed E-state index contributed by atoms with van der Waals surface area (Å²) in [6.07, 6.45) is -0.889. The summed E-state index contributed by atoms with van der Waals surface area (Å²) in [7, 11) is 3.06. The molecule has 0 aliphatic rings. The van der Waals surface area contributed by atoms with Crippen LogP contribution in [0.15, 0.2) is 42.5 Å². The van der Waals surface area contributed by atoms with Gasteiger partial charge in [-0.3, -0.25) is 4.79 Å². The Hall–Kier alpha value is -2.93. The number of carbonyl (C=O) groups is 1. The number of methoxy groups -OCH3 is 2. The molecule has 2 N–H and O–H groups in total. The molecule has 2 aromatic carbocycles. The molecule has 0 radical (unpaired) electrons. The van der Waals surface area contributed by atoms with Gasteiger partial charge in [0, 0.05) is 30.4 Å². The fourth-order valence-electron chi connectivity index (χ4n) is 3.16. The minimum atomic E-state index is -0.889. The molecule has 0 bridgehead atoms. The molecule has 0 spiro atoms. The highest BCUT2D eigenvalue weighted by Crippen LogP contribution is 2.36. The zero-order valence-corrected chi connectivity index (χ0v) is 18.3. The Morgan fingerprint density at radius 2 is 1.67 bits per heavy atom.